The maximum absolute atomic E-state index is 12.8. The minimum Gasteiger partial charge on any atom is -0.495 e. The van der Waals surface area contributed by atoms with Crippen molar-refractivity contribution >= 4 is 44.1 Å². The molecule has 2 heterocycles. The zero-order valence-corrected chi connectivity index (χ0v) is 18.1. The normalized spacial score (nSPS) is 11.6. The molecule has 0 amide bonds. The van der Waals surface area contributed by atoms with Crippen molar-refractivity contribution in [3.05, 3.63) is 54.9 Å². The van der Waals surface area contributed by atoms with Crippen LogP contribution < -0.4 is 15.4 Å². The van der Waals surface area contributed by atoms with Crippen LogP contribution in [0.3, 0.4) is 0 Å². The van der Waals surface area contributed by atoms with Gasteiger partial charge in [0.15, 0.2) is 21.3 Å². The van der Waals surface area contributed by atoms with Gasteiger partial charge in [-0.1, -0.05) is 24.3 Å². The molecule has 3 N–H and O–H groups in total. The second kappa shape index (κ2) is 8.23. The van der Waals surface area contributed by atoms with E-state index in [9.17, 15) is 8.42 Å². The highest BCUT2D eigenvalue weighted by Gasteiger charge is 2.23. The minimum absolute atomic E-state index is 0.204. The van der Waals surface area contributed by atoms with Crippen molar-refractivity contribution in [2.24, 2.45) is 0 Å². The first-order chi connectivity index (χ1) is 14.9. The van der Waals surface area contributed by atoms with Crippen LogP contribution in [0.4, 0.5) is 23.1 Å². The molecule has 0 atom stereocenters. The Hall–Kier alpha value is -3.66. The van der Waals surface area contributed by atoms with Crippen LogP contribution in [0, 0.1) is 0 Å². The maximum atomic E-state index is 12.8. The summed E-state index contributed by atoms with van der Waals surface area (Å²) in [7, 11) is -1.92. The first-order valence-electron chi connectivity index (χ1n) is 9.61. The van der Waals surface area contributed by atoms with Crippen LogP contribution in [0.1, 0.15) is 13.8 Å². The molecule has 0 aliphatic carbocycles. The first kappa shape index (κ1) is 20.6. The number of rotatable bonds is 7. The molecule has 10 heteroatoms. The van der Waals surface area contributed by atoms with E-state index in [1.165, 1.54) is 6.33 Å². The number of nitrogens with zero attached hydrogens (tertiary/aromatic N) is 3. The van der Waals surface area contributed by atoms with Gasteiger partial charge in [-0.3, -0.25) is 0 Å². The molecule has 0 saturated carbocycles. The van der Waals surface area contributed by atoms with Gasteiger partial charge in [-0.25, -0.2) is 13.4 Å². The van der Waals surface area contributed by atoms with Crippen molar-refractivity contribution in [2.45, 2.75) is 24.0 Å². The Morgan fingerprint density at radius 1 is 0.968 bits per heavy atom. The number of imidazole rings is 1. The van der Waals surface area contributed by atoms with Gasteiger partial charge in [0.25, 0.3) is 0 Å². The predicted octanol–water partition coefficient (Wildman–Crippen LogP) is 4.03. The Balaban J connectivity index is 1.77. The van der Waals surface area contributed by atoms with Gasteiger partial charge < -0.3 is 20.4 Å². The van der Waals surface area contributed by atoms with E-state index >= 15 is 0 Å². The third-order valence-electron chi connectivity index (χ3n) is 4.71. The quantitative estimate of drug-likeness (QED) is 0.395. The van der Waals surface area contributed by atoms with E-state index in [2.05, 4.69) is 30.6 Å². The lowest BCUT2D eigenvalue weighted by molar-refractivity contribution is 0.417. The van der Waals surface area contributed by atoms with E-state index in [4.69, 9.17) is 4.74 Å². The van der Waals surface area contributed by atoms with Crippen LogP contribution in [-0.4, -0.2) is 40.7 Å². The number of hydrogen-bond acceptors (Lipinski definition) is 8. The number of ether oxygens (including phenoxy) is 1. The highest BCUT2D eigenvalue weighted by molar-refractivity contribution is 7.92. The second-order valence-corrected chi connectivity index (χ2v) is 9.51. The Bertz CT molecular complexity index is 1330. The van der Waals surface area contributed by atoms with Gasteiger partial charge in [0, 0.05) is 0 Å². The third-order valence-corrected chi connectivity index (χ3v) is 6.92. The number of aromatic amines is 1. The van der Waals surface area contributed by atoms with Crippen molar-refractivity contribution in [3.63, 3.8) is 0 Å². The lowest BCUT2D eigenvalue weighted by Gasteiger charge is -2.15. The molecular formula is C21H22N6O3S. The van der Waals surface area contributed by atoms with E-state index in [1.54, 1.807) is 45.2 Å². The Labute approximate surface area is 179 Å². The third kappa shape index (κ3) is 4.02. The van der Waals surface area contributed by atoms with E-state index in [-0.39, 0.29) is 10.8 Å². The van der Waals surface area contributed by atoms with Gasteiger partial charge >= 0.3 is 0 Å². The SMILES string of the molecule is COc1ccccc1Nc1nc(Nc2ccccc2S(=O)(=O)C(C)C)c2[nH]cnc2n1. The fourth-order valence-electron chi connectivity index (χ4n) is 3.05. The summed E-state index contributed by atoms with van der Waals surface area (Å²) in [6, 6.07) is 14.1. The summed E-state index contributed by atoms with van der Waals surface area (Å²) in [5.74, 6) is 1.32. The van der Waals surface area contributed by atoms with Crippen LogP contribution in [0.25, 0.3) is 11.2 Å². The zero-order chi connectivity index (χ0) is 22.0. The van der Waals surface area contributed by atoms with Crippen molar-refractivity contribution in [2.75, 3.05) is 17.7 Å². The number of hydrogen-bond donors (Lipinski definition) is 3. The summed E-state index contributed by atoms with van der Waals surface area (Å²) >= 11 is 0. The lowest BCUT2D eigenvalue weighted by Crippen LogP contribution is -2.15. The lowest BCUT2D eigenvalue weighted by atomic mass is 10.3. The Morgan fingerprint density at radius 3 is 2.42 bits per heavy atom. The number of nitrogens with one attached hydrogen (secondary N) is 3. The molecule has 0 aliphatic heterocycles. The molecule has 0 radical (unpaired) electrons. The van der Waals surface area contributed by atoms with Gasteiger partial charge in [-0.2, -0.15) is 9.97 Å². The molecule has 160 valence electrons. The summed E-state index contributed by atoms with van der Waals surface area (Å²) in [6.07, 6.45) is 1.51. The number of aromatic nitrogens is 4. The number of benzene rings is 2. The van der Waals surface area contributed by atoms with E-state index in [1.807, 2.05) is 24.3 Å². The number of H-pyrrole nitrogens is 1. The summed E-state index contributed by atoms with van der Waals surface area (Å²) in [4.78, 5) is 16.4. The fraction of sp³-hybridized carbons (Fsp3) is 0.190. The molecule has 4 rings (SSSR count). The smallest absolute Gasteiger partial charge is 0.231 e. The van der Waals surface area contributed by atoms with Gasteiger partial charge in [0.1, 0.15) is 11.3 Å². The van der Waals surface area contributed by atoms with Crippen LogP contribution in [0.15, 0.2) is 59.8 Å². The highest BCUT2D eigenvalue weighted by atomic mass is 32.2. The molecule has 0 spiro atoms. The second-order valence-electron chi connectivity index (χ2n) is 7.04. The molecule has 4 aromatic rings. The fourth-order valence-corrected chi connectivity index (χ4v) is 4.25. The Morgan fingerprint density at radius 2 is 1.68 bits per heavy atom. The molecule has 9 nitrogen and oxygen atoms in total. The van der Waals surface area contributed by atoms with Gasteiger partial charge in [0.2, 0.25) is 5.95 Å². The van der Waals surface area contributed by atoms with E-state index < -0.39 is 15.1 Å². The molecule has 0 bridgehead atoms. The van der Waals surface area contributed by atoms with E-state index in [0.29, 0.717) is 34.1 Å². The molecule has 0 unspecified atom stereocenters. The molecule has 0 saturated heterocycles. The average Bonchev–Trinajstić information content (AvgIpc) is 3.23. The monoisotopic (exact) mass is 438 g/mol. The molecule has 2 aromatic carbocycles. The molecular weight excluding hydrogens is 416 g/mol. The first-order valence-corrected chi connectivity index (χ1v) is 11.2. The van der Waals surface area contributed by atoms with Gasteiger partial charge in [-0.05, 0) is 38.1 Å². The van der Waals surface area contributed by atoms with Crippen LogP contribution in [0.5, 0.6) is 5.75 Å². The Kier molecular flexibility index (Phi) is 5.47. The van der Waals surface area contributed by atoms with Crippen molar-refractivity contribution in [3.8, 4) is 5.75 Å². The zero-order valence-electron chi connectivity index (χ0n) is 17.2. The number of para-hydroxylation sites is 3. The molecule has 0 aliphatic rings. The summed E-state index contributed by atoms with van der Waals surface area (Å²) in [6.45, 7) is 3.30. The van der Waals surface area contributed by atoms with Crippen molar-refractivity contribution < 1.29 is 13.2 Å². The van der Waals surface area contributed by atoms with Crippen LogP contribution in [-0.2, 0) is 9.84 Å². The van der Waals surface area contributed by atoms with Crippen LogP contribution in [0.2, 0.25) is 0 Å². The highest BCUT2D eigenvalue weighted by Crippen LogP contribution is 2.31. The topological polar surface area (TPSA) is 122 Å². The summed E-state index contributed by atoms with van der Waals surface area (Å²) in [5, 5.41) is 5.72. The predicted molar refractivity (Wildman–Crippen MR) is 120 cm³/mol. The van der Waals surface area contributed by atoms with Gasteiger partial charge in [-0.15, -0.1) is 0 Å². The number of methoxy groups -OCH3 is 1. The summed E-state index contributed by atoms with van der Waals surface area (Å²) in [5.41, 5.74) is 2.10. The number of anilines is 4. The van der Waals surface area contributed by atoms with Gasteiger partial charge in [0.05, 0.1) is 35.0 Å². The molecule has 0 fully saturated rings. The molecule has 31 heavy (non-hydrogen) atoms. The average molecular weight is 439 g/mol. The maximum Gasteiger partial charge on any atom is 0.231 e. The number of sulfone groups is 1. The number of fused-ring (bicyclic) bond motifs is 1. The van der Waals surface area contributed by atoms with E-state index in [0.717, 1.165) is 0 Å². The standard InChI is InChI=1S/C21H22N6O3S/c1-13(2)31(28,29)17-11-7-5-9-15(17)24-20-18-19(23-12-22-18)26-21(27-20)25-14-8-4-6-10-16(14)30-3/h4-13H,1-3H3,(H3,22,23,24,25,26,27). The summed E-state index contributed by atoms with van der Waals surface area (Å²) < 4.78 is 31.0. The largest absolute Gasteiger partial charge is 0.495 e. The van der Waals surface area contributed by atoms with Crippen molar-refractivity contribution in [1.82, 2.24) is 19.9 Å². The minimum atomic E-state index is -3.50. The van der Waals surface area contributed by atoms with Crippen molar-refractivity contribution in [1.29, 1.82) is 0 Å². The molecule has 2 aromatic heterocycles. The van der Waals surface area contributed by atoms with Crippen LogP contribution >= 0.6 is 0 Å².